The average Bonchev–Trinajstić information content (AvgIpc) is 3.73. The number of amides is 1. The van der Waals surface area contributed by atoms with E-state index in [1.165, 1.54) is 0 Å². The molecule has 1 saturated heterocycles. The average molecular weight is 581 g/mol. The number of halogens is 1. The molecule has 1 aliphatic heterocycles. The Morgan fingerprint density at radius 3 is 2.79 bits per heavy atom. The lowest BCUT2D eigenvalue weighted by molar-refractivity contribution is -0.114. The van der Waals surface area contributed by atoms with Crippen LogP contribution in [0.4, 0.5) is 4.39 Å². The van der Waals surface area contributed by atoms with E-state index in [0.29, 0.717) is 49.4 Å². The molecule has 1 fully saturated rings. The number of allylic oxidation sites excluding steroid dienone is 4. The molecule has 0 spiro atoms. The van der Waals surface area contributed by atoms with Crippen molar-refractivity contribution < 1.29 is 18.7 Å². The molecular formula is C35H37FN4O3. The third-order valence-electron chi connectivity index (χ3n) is 8.12. The summed E-state index contributed by atoms with van der Waals surface area (Å²) >= 11 is 0. The number of hydrogen-bond acceptors (Lipinski definition) is 5. The molecule has 6 rings (SSSR count). The molecule has 3 aromatic rings. The van der Waals surface area contributed by atoms with Crippen LogP contribution in [0.15, 0.2) is 89.9 Å². The summed E-state index contributed by atoms with van der Waals surface area (Å²) in [5.41, 5.74) is 5.77. The molecular weight excluding hydrogens is 543 g/mol. The summed E-state index contributed by atoms with van der Waals surface area (Å²) < 4.78 is 21.5. The van der Waals surface area contributed by atoms with Crippen molar-refractivity contribution in [2.45, 2.75) is 45.8 Å². The van der Waals surface area contributed by atoms with Gasteiger partial charge in [-0.1, -0.05) is 62.4 Å². The summed E-state index contributed by atoms with van der Waals surface area (Å²) in [6.07, 6.45) is 9.61. The van der Waals surface area contributed by atoms with Gasteiger partial charge in [0, 0.05) is 48.9 Å². The molecule has 2 aliphatic carbocycles. The summed E-state index contributed by atoms with van der Waals surface area (Å²) in [4.78, 5) is 28.1. The topological polar surface area (TPSA) is 76.5 Å². The van der Waals surface area contributed by atoms with Crippen molar-refractivity contribution in [3.05, 3.63) is 112 Å². The molecule has 2 heterocycles. The number of ketones is 1. The van der Waals surface area contributed by atoms with Gasteiger partial charge in [-0.15, -0.1) is 0 Å². The Balaban J connectivity index is 1.08. The zero-order valence-corrected chi connectivity index (χ0v) is 24.7. The number of fused-ring (bicyclic) bond motifs is 1. The lowest BCUT2D eigenvalue weighted by Crippen LogP contribution is -2.36. The van der Waals surface area contributed by atoms with Gasteiger partial charge < -0.3 is 10.1 Å². The van der Waals surface area contributed by atoms with Crippen molar-refractivity contribution in [2.75, 3.05) is 26.2 Å². The molecule has 2 aromatic carbocycles. The molecule has 0 radical (unpaired) electrons. The lowest BCUT2D eigenvalue weighted by Gasteiger charge is -2.30. The first-order valence-electron chi connectivity index (χ1n) is 14.9. The third kappa shape index (κ3) is 7.03. The predicted octanol–water partition coefficient (Wildman–Crippen LogP) is 5.53. The Hall–Kier alpha value is -4.30. The second-order valence-corrected chi connectivity index (χ2v) is 12.5. The molecule has 0 saturated carbocycles. The first-order valence-corrected chi connectivity index (χ1v) is 14.9. The summed E-state index contributed by atoms with van der Waals surface area (Å²) in [6.45, 7) is 7.49. The maximum absolute atomic E-state index is 13.6. The molecule has 1 amide bonds. The van der Waals surface area contributed by atoms with Crippen molar-refractivity contribution in [1.82, 2.24) is 20.0 Å². The van der Waals surface area contributed by atoms with Crippen LogP contribution in [0.2, 0.25) is 0 Å². The normalized spacial score (nSPS) is 18.6. The molecule has 1 N–H and O–H groups in total. The summed E-state index contributed by atoms with van der Waals surface area (Å²) in [6, 6.07) is 16.0. The van der Waals surface area contributed by atoms with E-state index in [0.717, 1.165) is 41.1 Å². The first-order chi connectivity index (χ1) is 20.7. The fraction of sp³-hybridized carbons (Fsp3) is 0.343. The van der Waals surface area contributed by atoms with Gasteiger partial charge in [-0.2, -0.15) is 5.10 Å². The van der Waals surface area contributed by atoms with Crippen molar-refractivity contribution in [1.29, 1.82) is 0 Å². The van der Waals surface area contributed by atoms with Gasteiger partial charge >= 0.3 is 0 Å². The highest BCUT2D eigenvalue weighted by Crippen LogP contribution is 2.34. The van der Waals surface area contributed by atoms with Gasteiger partial charge in [0.15, 0.2) is 5.78 Å². The van der Waals surface area contributed by atoms with E-state index in [1.807, 2.05) is 48.5 Å². The van der Waals surface area contributed by atoms with Crippen LogP contribution >= 0.6 is 0 Å². The Labute approximate surface area is 251 Å². The number of carbonyl (C=O) groups is 2. The van der Waals surface area contributed by atoms with E-state index in [4.69, 9.17) is 4.74 Å². The predicted molar refractivity (Wildman–Crippen MR) is 164 cm³/mol. The Bertz CT molecular complexity index is 1620. The SMILES string of the molecule is CC(C)(COc1ccc2c(c1)C=C(C1=CC(NC(=O)c3cnn(Cc4ccccc4)c3)=CCC1=O)C2)CN1CC[C@H](F)C1. The van der Waals surface area contributed by atoms with Crippen LogP contribution in [-0.4, -0.2) is 58.8 Å². The number of aromatic nitrogens is 2. The van der Waals surface area contributed by atoms with Gasteiger partial charge in [0.1, 0.15) is 11.9 Å². The molecule has 7 nitrogen and oxygen atoms in total. The van der Waals surface area contributed by atoms with Gasteiger partial charge in [0.2, 0.25) is 0 Å². The quantitative estimate of drug-likeness (QED) is 0.341. The van der Waals surface area contributed by atoms with Crippen molar-refractivity contribution in [2.24, 2.45) is 5.41 Å². The first kappa shape index (κ1) is 28.8. The molecule has 0 bridgehead atoms. The maximum atomic E-state index is 13.6. The minimum absolute atomic E-state index is 0.0309. The van der Waals surface area contributed by atoms with Crippen LogP contribution in [-0.2, 0) is 17.8 Å². The third-order valence-corrected chi connectivity index (χ3v) is 8.12. The number of hydrogen-bond donors (Lipinski definition) is 1. The van der Waals surface area contributed by atoms with Crippen LogP contribution in [0.3, 0.4) is 0 Å². The Morgan fingerprint density at radius 1 is 1.16 bits per heavy atom. The molecule has 8 heteroatoms. The standard InChI is InChI=1S/C35H37FN4O3/c1-35(2,22-39-13-12-29(36)21-39)23-43-31-10-8-25-14-27(15-26(25)16-31)32-17-30(9-11-33(32)41)38-34(42)28-18-37-40(20-28)19-24-6-4-3-5-7-24/h3-10,15-18,20,29H,11-14,19,21-23H2,1-2H3,(H,38,42)/t29-/m0/s1. The van der Waals surface area contributed by atoms with Gasteiger partial charge in [-0.3, -0.25) is 19.2 Å². The number of likely N-dealkylation sites (tertiary alicyclic amines) is 1. The van der Waals surface area contributed by atoms with Crippen molar-refractivity contribution in [3.8, 4) is 5.75 Å². The smallest absolute Gasteiger partial charge is 0.258 e. The van der Waals surface area contributed by atoms with Gasteiger partial charge in [-0.25, -0.2) is 4.39 Å². The van der Waals surface area contributed by atoms with Crippen LogP contribution in [0.5, 0.6) is 5.75 Å². The van der Waals surface area contributed by atoms with Crippen LogP contribution < -0.4 is 10.1 Å². The Morgan fingerprint density at radius 2 is 2.00 bits per heavy atom. The highest BCUT2D eigenvalue weighted by atomic mass is 19.1. The number of alkyl halides is 1. The van der Waals surface area contributed by atoms with Crippen LogP contribution in [0.1, 0.15) is 53.7 Å². The zero-order chi connectivity index (χ0) is 30.0. The number of rotatable bonds is 10. The number of ether oxygens (including phenoxy) is 1. The van der Waals surface area contributed by atoms with Gasteiger partial charge in [0.25, 0.3) is 5.91 Å². The highest BCUT2D eigenvalue weighted by molar-refractivity contribution is 6.04. The van der Waals surface area contributed by atoms with Gasteiger partial charge in [0.05, 0.1) is 24.9 Å². The number of benzene rings is 2. The van der Waals surface area contributed by atoms with E-state index in [-0.39, 0.29) is 23.5 Å². The van der Waals surface area contributed by atoms with E-state index in [2.05, 4.69) is 35.2 Å². The largest absolute Gasteiger partial charge is 0.493 e. The Kier molecular flexibility index (Phi) is 8.13. The van der Waals surface area contributed by atoms with Crippen molar-refractivity contribution >= 4 is 17.8 Å². The monoisotopic (exact) mass is 580 g/mol. The number of carbonyl (C=O) groups excluding carboxylic acids is 2. The van der Waals surface area contributed by atoms with E-state index >= 15 is 0 Å². The summed E-state index contributed by atoms with van der Waals surface area (Å²) in [7, 11) is 0. The number of nitrogens with one attached hydrogen (secondary N) is 1. The molecule has 3 aliphatic rings. The molecule has 1 aromatic heterocycles. The minimum Gasteiger partial charge on any atom is -0.493 e. The second kappa shape index (κ2) is 12.1. The van der Waals surface area contributed by atoms with Crippen molar-refractivity contribution in [3.63, 3.8) is 0 Å². The minimum atomic E-state index is -0.723. The van der Waals surface area contributed by atoms with E-state index in [9.17, 15) is 14.0 Å². The number of Topliss-reactive ketones (excluding diaryl/α,β-unsaturated/α-hetero) is 1. The maximum Gasteiger partial charge on any atom is 0.258 e. The second-order valence-electron chi connectivity index (χ2n) is 12.5. The highest BCUT2D eigenvalue weighted by Gasteiger charge is 2.29. The zero-order valence-electron chi connectivity index (χ0n) is 24.7. The summed E-state index contributed by atoms with van der Waals surface area (Å²) in [5.74, 6) is 0.542. The van der Waals surface area contributed by atoms with Gasteiger partial charge in [-0.05, 0) is 53.3 Å². The number of nitrogens with zero attached hydrogens (tertiary/aromatic N) is 3. The fourth-order valence-electron chi connectivity index (χ4n) is 5.94. The summed E-state index contributed by atoms with van der Waals surface area (Å²) in [5, 5.41) is 7.27. The molecule has 0 unspecified atom stereocenters. The van der Waals surface area contributed by atoms with Crippen LogP contribution in [0.25, 0.3) is 6.08 Å². The fourth-order valence-corrected chi connectivity index (χ4v) is 5.94. The lowest BCUT2D eigenvalue weighted by atomic mass is 9.93. The molecule has 222 valence electrons. The molecule has 43 heavy (non-hydrogen) atoms. The molecule has 1 atom stereocenters. The van der Waals surface area contributed by atoms with E-state index in [1.54, 1.807) is 29.2 Å². The van der Waals surface area contributed by atoms with Crippen LogP contribution in [0, 0.1) is 5.41 Å². The van der Waals surface area contributed by atoms with E-state index < -0.39 is 6.17 Å².